The van der Waals surface area contributed by atoms with Crippen LogP contribution in [-0.4, -0.2) is 24.0 Å². The zero-order valence-corrected chi connectivity index (χ0v) is 13.4. The molecule has 23 heavy (non-hydrogen) atoms. The quantitative estimate of drug-likeness (QED) is 0.836. The molecule has 0 atom stereocenters. The van der Waals surface area contributed by atoms with Crippen molar-refractivity contribution < 1.29 is 13.9 Å². The molecular weight excluding hydrogens is 293 g/mol. The van der Waals surface area contributed by atoms with Crippen LogP contribution in [0.2, 0.25) is 0 Å². The standard InChI is InChI=1S/C19H20FNO2/c1-13-7-10-18(23-2)16(11-13)19(22)21(15-8-9-15)12-14-5-3-4-6-17(14)20/h3-7,10-11,15H,8-9,12H2,1-2H3. The number of benzene rings is 2. The van der Waals surface area contributed by atoms with Crippen LogP contribution >= 0.6 is 0 Å². The Morgan fingerprint density at radius 1 is 1.26 bits per heavy atom. The van der Waals surface area contributed by atoms with E-state index in [2.05, 4.69) is 0 Å². The van der Waals surface area contributed by atoms with Crippen molar-refractivity contribution >= 4 is 5.91 Å². The maximum absolute atomic E-state index is 13.9. The predicted molar refractivity (Wildman–Crippen MR) is 87.0 cm³/mol. The number of hydrogen-bond acceptors (Lipinski definition) is 2. The minimum absolute atomic E-state index is 0.101. The van der Waals surface area contributed by atoms with Gasteiger partial charge in [-0.1, -0.05) is 29.8 Å². The summed E-state index contributed by atoms with van der Waals surface area (Å²) in [5.74, 6) is 0.179. The van der Waals surface area contributed by atoms with Crippen molar-refractivity contribution in [3.8, 4) is 5.75 Å². The average molecular weight is 313 g/mol. The molecule has 1 amide bonds. The van der Waals surface area contributed by atoms with Gasteiger partial charge in [0.1, 0.15) is 11.6 Å². The molecule has 4 heteroatoms. The van der Waals surface area contributed by atoms with Crippen molar-refractivity contribution in [2.24, 2.45) is 0 Å². The maximum Gasteiger partial charge on any atom is 0.258 e. The molecule has 2 aromatic rings. The molecule has 1 fully saturated rings. The summed E-state index contributed by atoms with van der Waals surface area (Å²) in [6.45, 7) is 2.22. The van der Waals surface area contributed by atoms with Crippen LogP contribution in [0, 0.1) is 12.7 Å². The number of rotatable bonds is 5. The van der Waals surface area contributed by atoms with Gasteiger partial charge in [-0.05, 0) is 38.0 Å². The number of amides is 1. The van der Waals surface area contributed by atoms with Crippen molar-refractivity contribution in [2.45, 2.75) is 32.4 Å². The third-order valence-electron chi connectivity index (χ3n) is 4.13. The SMILES string of the molecule is COc1ccc(C)cc1C(=O)N(Cc1ccccc1F)C1CC1. The molecule has 1 aliphatic carbocycles. The Hall–Kier alpha value is -2.36. The van der Waals surface area contributed by atoms with Crippen molar-refractivity contribution in [2.75, 3.05) is 7.11 Å². The van der Waals surface area contributed by atoms with Crippen LogP contribution in [-0.2, 0) is 6.54 Å². The maximum atomic E-state index is 13.9. The van der Waals surface area contributed by atoms with Gasteiger partial charge in [-0.15, -0.1) is 0 Å². The molecule has 1 saturated carbocycles. The van der Waals surface area contributed by atoms with E-state index >= 15 is 0 Å². The molecule has 0 N–H and O–H groups in total. The Balaban J connectivity index is 1.91. The highest BCUT2D eigenvalue weighted by atomic mass is 19.1. The van der Waals surface area contributed by atoms with E-state index < -0.39 is 0 Å². The van der Waals surface area contributed by atoms with Gasteiger partial charge in [0.05, 0.1) is 12.7 Å². The van der Waals surface area contributed by atoms with E-state index in [0.717, 1.165) is 18.4 Å². The highest BCUT2D eigenvalue weighted by Gasteiger charge is 2.34. The van der Waals surface area contributed by atoms with Crippen LogP contribution in [0.1, 0.15) is 34.3 Å². The second-order valence-electron chi connectivity index (χ2n) is 5.96. The minimum atomic E-state index is -0.276. The first-order valence-corrected chi connectivity index (χ1v) is 7.79. The molecule has 2 aromatic carbocycles. The molecule has 0 aromatic heterocycles. The molecule has 0 bridgehead atoms. The van der Waals surface area contributed by atoms with Crippen LogP contribution in [0.4, 0.5) is 4.39 Å². The highest BCUT2D eigenvalue weighted by Crippen LogP contribution is 2.32. The first kappa shape index (κ1) is 15.5. The summed E-state index contributed by atoms with van der Waals surface area (Å²) in [6.07, 6.45) is 1.93. The second-order valence-corrected chi connectivity index (χ2v) is 5.96. The van der Waals surface area contributed by atoms with Crippen molar-refractivity contribution in [3.63, 3.8) is 0 Å². The monoisotopic (exact) mass is 313 g/mol. The Bertz CT molecular complexity index is 725. The van der Waals surface area contributed by atoms with Crippen LogP contribution < -0.4 is 4.74 Å². The number of carbonyl (C=O) groups excluding carboxylic acids is 1. The lowest BCUT2D eigenvalue weighted by atomic mass is 10.1. The van der Waals surface area contributed by atoms with E-state index in [4.69, 9.17) is 4.74 Å². The van der Waals surface area contributed by atoms with Gasteiger partial charge in [0.2, 0.25) is 0 Å². The molecule has 0 spiro atoms. The van der Waals surface area contributed by atoms with Crippen molar-refractivity contribution in [1.29, 1.82) is 0 Å². The van der Waals surface area contributed by atoms with E-state index in [1.165, 1.54) is 6.07 Å². The highest BCUT2D eigenvalue weighted by molar-refractivity contribution is 5.97. The number of methoxy groups -OCH3 is 1. The van der Waals surface area contributed by atoms with Gasteiger partial charge in [0.15, 0.2) is 0 Å². The summed E-state index contributed by atoms with van der Waals surface area (Å²) in [7, 11) is 1.56. The van der Waals surface area contributed by atoms with Gasteiger partial charge < -0.3 is 9.64 Å². The van der Waals surface area contributed by atoms with Gasteiger partial charge >= 0.3 is 0 Å². The normalized spacial score (nSPS) is 13.7. The number of hydrogen-bond donors (Lipinski definition) is 0. The van der Waals surface area contributed by atoms with Gasteiger partial charge in [0.25, 0.3) is 5.91 Å². The smallest absolute Gasteiger partial charge is 0.258 e. The lowest BCUT2D eigenvalue weighted by Crippen LogP contribution is -2.33. The molecular formula is C19H20FNO2. The summed E-state index contributed by atoms with van der Waals surface area (Å²) in [4.78, 5) is 14.8. The Morgan fingerprint density at radius 3 is 2.65 bits per heavy atom. The molecule has 0 saturated heterocycles. The third-order valence-corrected chi connectivity index (χ3v) is 4.13. The zero-order chi connectivity index (χ0) is 16.4. The fourth-order valence-electron chi connectivity index (χ4n) is 2.71. The van der Waals surface area contributed by atoms with Gasteiger partial charge in [0, 0.05) is 18.2 Å². The van der Waals surface area contributed by atoms with E-state index in [1.807, 2.05) is 19.1 Å². The fourth-order valence-corrected chi connectivity index (χ4v) is 2.71. The second kappa shape index (κ2) is 6.41. The summed E-state index contributed by atoms with van der Waals surface area (Å²) < 4.78 is 19.3. The Morgan fingerprint density at radius 2 is 2.00 bits per heavy atom. The van der Waals surface area contributed by atoms with Gasteiger partial charge in [-0.2, -0.15) is 0 Å². The molecule has 120 valence electrons. The summed E-state index contributed by atoms with van der Waals surface area (Å²) in [5.41, 5.74) is 2.07. The molecule has 3 nitrogen and oxygen atoms in total. The lowest BCUT2D eigenvalue weighted by Gasteiger charge is -2.24. The van der Waals surface area contributed by atoms with Crippen LogP contribution in [0.25, 0.3) is 0 Å². The Kier molecular flexibility index (Phi) is 4.33. The van der Waals surface area contributed by atoms with Crippen molar-refractivity contribution in [3.05, 3.63) is 65.0 Å². The first-order chi connectivity index (χ1) is 11.1. The van der Waals surface area contributed by atoms with Crippen LogP contribution in [0.5, 0.6) is 5.75 Å². The average Bonchev–Trinajstić information content (AvgIpc) is 3.38. The first-order valence-electron chi connectivity index (χ1n) is 7.79. The topological polar surface area (TPSA) is 29.5 Å². The number of aryl methyl sites for hydroxylation is 1. The van der Waals surface area contributed by atoms with Gasteiger partial charge in [-0.3, -0.25) is 4.79 Å². The Labute approximate surface area is 135 Å². The molecule has 0 heterocycles. The number of ether oxygens (including phenoxy) is 1. The third kappa shape index (κ3) is 3.36. The molecule has 3 rings (SSSR count). The largest absolute Gasteiger partial charge is 0.496 e. The summed E-state index contributed by atoms with van der Waals surface area (Å²) in [5, 5.41) is 0. The van der Waals surface area contributed by atoms with E-state index in [1.54, 1.807) is 36.3 Å². The van der Waals surface area contributed by atoms with Crippen LogP contribution in [0.3, 0.4) is 0 Å². The molecule has 1 aliphatic rings. The molecule has 0 aliphatic heterocycles. The van der Waals surface area contributed by atoms with Crippen molar-refractivity contribution in [1.82, 2.24) is 4.90 Å². The fraction of sp³-hybridized carbons (Fsp3) is 0.316. The predicted octanol–water partition coefficient (Wildman–Crippen LogP) is 3.95. The zero-order valence-electron chi connectivity index (χ0n) is 13.4. The number of halogens is 1. The number of nitrogens with zero attached hydrogens (tertiary/aromatic N) is 1. The van der Waals surface area contributed by atoms with E-state index in [0.29, 0.717) is 16.9 Å². The minimum Gasteiger partial charge on any atom is -0.496 e. The summed E-state index contributed by atoms with van der Waals surface area (Å²) >= 11 is 0. The van der Waals surface area contributed by atoms with Crippen LogP contribution in [0.15, 0.2) is 42.5 Å². The molecule has 0 unspecified atom stereocenters. The van der Waals surface area contributed by atoms with Gasteiger partial charge in [-0.25, -0.2) is 4.39 Å². The number of carbonyl (C=O) groups is 1. The summed E-state index contributed by atoms with van der Waals surface area (Å²) in [6, 6.07) is 12.3. The van der Waals surface area contributed by atoms with E-state index in [-0.39, 0.29) is 24.3 Å². The molecule has 0 radical (unpaired) electrons. The van der Waals surface area contributed by atoms with E-state index in [9.17, 15) is 9.18 Å². The lowest BCUT2D eigenvalue weighted by molar-refractivity contribution is 0.0725.